The smallest absolute Gasteiger partial charge is 0.237 e. The maximum absolute atomic E-state index is 12.3. The molecule has 0 bridgehead atoms. The molecule has 2 amide bonds. The molecule has 0 aromatic heterocycles. The first kappa shape index (κ1) is 13.6. The van der Waals surface area contributed by atoms with Crippen LogP contribution in [0.25, 0.3) is 0 Å². The molecule has 102 valence electrons. The zero-order valence-corrected chi connectivity index (χ0v) is 11.9. The molecule has 4 heteroatoms. The molecule has 0 aliphatic carbocycles. The fourth-order valence-corrected chi connectivity index (χ4v) is 2.48. The van der Waals surface area contributed by atoms with Crippen molar-refractivity contribution in [2.24, 2.45) is 0 Å². The lowest BCUT2D eigenvalue weighted by Gasteiger charge is -2.18. The Bertz CT molecular complexity index is 535. The number of carbonyl (C=O) groups excluding carboxylic acids is 2. The van der Waals surface area contributed by atoms with Crippen LogP contribution >= 0.6 is 0 Å². The van der Waals surface area contributed by atoms with Crippen LogP contribution in [0.4, 0.5) is 11.4 Å². The van der Waals surface area contributed by atoms with Gasteiger partial charge in [-0.05, 0) is 44.5 Å². The summed E-state index contributed by atoms with van der Waals surface area (Å²) in [5, 5.41) is 2.84. The van der Waals surface area contributed by atoms with Crippen molar-refractivity contribution in [1.82, 2.24) is 0 Å². The first-order valence-electron chi connectivity index (χ1n) is 6.68. The summed E-state index contributed by atoms with van der Waals surface area (Å²) in [5.74, 6) is 0.0957. The van der Waals surface area contributed by atoms with E-state index in [4.69, 9.17) is 0 Å². The van der Waals surface area contributed by atoms with Gasteiger partial charge in [-0.2, -0.15) is 0 Å². The van der Waals surface area contributed by atoms with Crippen molar-refractivity contribution >= 4 is 23.2 Å². The summed E-state index contributed by atoms with van der Waals surface area (Å²) in [7, 11) is 0. The van der Waals surface area contributed by atoms with Gasteiger partial charge in [-0.25, -0.2) is 0 Å². The molecule has 0 saturated carbocycles. The summed E-state index contributed by atoms with van der Waals surface area (Å²) in [6, 6.07) is 5.68. The van der Waals surface area contributed by atoms with E-state index in [2.05, 4.69) is 5.32 Å². The van der Waals surface area contributed by atoms with Gasteiger partial charge in [0.25, 0.3) is 0 Å². The fourth-order valence-electron chi connectivity index (χ4n) is 2.48. The van der Waals surface area contributed by atoms with Crippen molar-refractivity contribution in [1.29, 1.82) is 0 Å². The van der Waals surface area contributed by atoms with Gasteiger partial charge < -0.3 is 10.2 Å². The number of hydrogen-bond acceptors (Lipinski definition) is 2. The Balaban J connectivity index is 2.43. The van der Waals surface area contributed by atoms with Gasteiger partial charge in [-0.15, -0.1) is 0 Å². The van der Waals surface area contributed by atoms with Crippen LogP contribution in [0.5, 0.6) is 0 Å². The minimum absolute atomic E-state index is 0.0190. The van der Waals surface area contributed by atoms with Crippen LogP contribution in [-0.2, 0) is 15.0 Å². The van der Waals surface area contributed by atoms with Crippen LogP contribution in [0.2, 0.25) is 0 Å². The van der Waals surface area contributed by atoms with Gasteiger partial charge in [0, 0.05) is 24.3 Å². The number of likely N-dealkylation sites (N-methyl/N-ethyl adjacent to an activating group) is 1. The van der Waals surface area contributed by atoms with E-state index in [1.807, 2.05) is 45.9 Å². The maximum Gasteiger partial charge on any atom is 0.237 e. The first-order valence-corrected chi connectivity index (χ1v) is 6.68. The minimum Gasteiger partial charge on any atom is -0.326 e. The summed E-state index contributed by atoms with van der Waals surface area (Å²) in [4.78, 5) is 25.6. The van der Waals surface area contributed by atoms with Crippen molar-refractivity contribution < 1.29 is 9.59 Å². The standard InChI is InChI=1S/C15H20N2O2/c1-5-13(18)16-10-7-8-12-11(9-10)15(3,4)14(19)17(12)6-2/h7-9H,5-6H2,1-4H3,(H,16,18). The predicted octanol–water partition coefficient (Wildman–Crippen LogP) is 2.68. The number of hydrogen-bond donors (Lipinski definition) is 1. The van der Waals surface area contributed by atoms with E-state index in [0.29, 0.717) is 13.0 Å². The SMILES string of the molecule is CCC(=O)Nc1ccc2c(c1)C(C)(C)C(=O)N2CC. The Morgan fingerprint density at radius 3 is 2.58 bits per heavy atom. The Morgan fingerprint density at radius 2 is 2.00 bits per heavy atom. The molecule has 1 aliphatic rings. The molecule has 0 unspecified atom stereocenters. The highest BCUT2D eigenvalue weighted by Crippen LogP contribution is 2.42. The van der Waals surface area contributed by atoms with Crippen molar-refractivity contribution in [3.8, 4) is 0 Å². The van der Waals surface area contributed by atoms with E-state index < -0.39 is 5.41 Å². The van der Waals surface area contributed by atoms with Gasteiger partial charge in [0.05, 0.1) is 5.41 Å². The number of nitrogens with one attached hydrogen (secondary N) is 1. The zero-order chi connectivity index (χ0) is 14.2. The summed E-state index contributed by atoms with van der Waals surface area (Å²) >= 11 is 0. The number of fused-ring (bicyclic) bond motifs is 1. The van der Waals surface area contributed by atoms with Crippen LogP contribution in [0.1, 0.15) is 39.7 Å². The average Bonchev–Trinajstić information content (AvgIpc) is 2.58. The Morgan fingerprint density at radius 1 is 1.32 bits per heavy atom. The lowest BCUT2D eigenvalue weighted by molar-refractivity contribution is -0.122. The number of carbonyl (C=O) groups is 2. The quantitative estimate of drug-likeness (QED) is 0.908. The number of rotatable bonds is 3. The van der Waals surface area contributed by atoms with Crippen molar-refractivity contribution in [2.45, 2.75) is 39.5 Å². The Hall–Kier alpha value is -1.84. The van der Waals surface area contributed by atoms with Gasteiger partial charge in [0.15, 0.2) is 0 Å². The number of benzene rings is 1. The minimum atomic E-state index is -0.529. The van der Waals surface area contributed by atoms with Gasteiger partial charge in [-0.1, -0.05) is 6.92 Å². The second-order valence-corrected chi connectivity index (χ2v) is 5.31. The highest BCUT2D eigenvalue weighted by atomic mass is 16.2. The lowest BCUT2D eigenvalue weighted by atomic mass is 9.86. The predicted molar refractivity (Wildman–Crippen MR) is 76.4 cm³/mol. The molecule has 1 aliphatic heterocycles. The van der Waals surface area contributed by atoms with Gasteiger partial charge in [-0.3, -0.25) is 9.59 Å². The van der Waals surface area contributed by atoms with Crippen molar-refractivity contribution in [3.05, 3.63) is 23.8 Å². The second kappa shape index (κ2) is 4.68. The number of nitrogens with zero attached hydrogens (tertiary/aromatic N) is 1. The highest BCUT2D eigenvalue weighted by Gasteiger charge is 2.43. The molecule has 0 radical (unpaired) electrons. The molecule has 1 heterocycles. The second-order valence-electron chi connectivity index (χ2n) is 5.31. The topological polar surface area (TPSA) is 49.4 Å². The molecular formula is C15H20N2O2. The molecule has 2 rings (SSSR count). The number of amides is 2. The number of anilines is 2. The molecular weight excluding hydrogens is 240 g/mol. The molecule has 0 spiro atoms. The summed E-state index contributed by atoms with van der Waals surface area (Å²) in [6.45, 7) is 8.30. The largest absolute Gasteiger partial charge is 0.326 e. The van der Waals surface area contributed by atoms with E-state index in [-0.39, 0.29) is 11.8 Å². The highest BCUT2D eigenvalue weighted by molar-refractivity contribution is 6.08. The molecule has 0 fully saturated rings. The molecule has 19 heavy (non-hydrogen) atoms. The van der Waals surface area contributed by atoms with Crippen LogP contribution in [0.3, 0.4) is 0 Å². The maximum atomic E-state index is 12.3. The molecule has 0 saturated heterocycles. The zero-order valence-electron chi connectivity index (χ0n) is 11.9. The van der Waals surface area contributed by atoms with Gasteiger partial charge >= 0.3 is 0 Å². The fraction of sp³-hybridized carbons (Fsp3) is 0.467. The Kier molecular flexibility index (Phi) is 3.35. The van der Waals surface area contributed by atoms with Crippen LogP contribution in [-0.4, -0.2) is 18.4 Å². The molecule has 1 aromatic carbocycles. The third-order valence-electron chi connectivity index (χ3n) is 3.66. The van der Waals surface area contributed by atoms with Gasteiger partial charge in [0.1, 0.15) is 0 Å². The third kappa shape index (κ3) is 2.11. The third-order valence-corrected chi connectivity index (χ3v) is 3.66. The van der Waals surface area contributed by atoms with Crippen LogP contribution in [0, 0.1) is 0 Å². The average molecular weight is 260 g/mol. The monoisotopic (exact) mass is 260 g/mol. The summed E-state index contributed by atoms with van der Waals surface area (Å²) in [5.41, 5.74) is 2.16. The van der Waals surface area contributed by atoms with Crippen LogP contribution < -0.4 is 10.2 Å². The molecule has 4 nitrogen and oxygen atoms in total. The lowest BCUT2D eigenvalue weighted by Crippen LogP contribution is -2.35. The van der Waals surface area contributed by atoms with E-state index in [0.717, 1.165) is 16.9 Å². The normalized spacial score (nSPS) is 16.4. The van der Waals surface area contributed by atoms with E-state index in [1.165, 1.54) is 0 Å². The van der Waals surface area contributed by atoms with Gasteiger partial charge in [0.2, 0.25) is 11.8 Å². The van der Waals surface area contributed by atoms with Crippen molar-refractivity contribution in [3.63, 3.8) is 0 Å². The van der Waals surface area contributed by atoms with Crippen LogP contribution in [0.15, 0.2) is 18.2 Å². The Labute approximate surface area is 113 Å². The molecule has 1 aromatic rings. The van der Waals surface area contributed by atoms with Crippen molar-refractivity contribution in [2.75, 3.05) is 16.8 Å². The molecule has 1 N–H and O–H groups in total. The summed E-state index contributed by atoms with van der Waals surface area (Å²) in [6.07, 6.45) is 0.445. The first-order chi connectivity index (χ1) is 8.91. The van der Waals surface area contributed by atoms with E-state index >= 15 is 0 Å². The van der Waals surface area contributed by atoms with E-state index in [9.17, 15) is 9.59 Å². The molecule has 0 atom stereocenters. The summed E-state index contributed by atoms with van der Waals surface area (Å²) < 4.78 is 0. The van der Waals surface area contributed by atoms with E-state index in [1.54, 1.807) is 4.90 Å².